The molecule has 0 aliphatic heterocycles. The van der Waals surface area contributed by atoms with Crippen molar-refractivity contribution in [3.8, 4) is 0 Å². The highest BCUT2D eigenvalue weighted by Gasteiger charge is 2.01. The molecule has 3 heteroatoms. The molecule has 0 aromatic rings. The molecule has 0 spiro atoms. The van der Waals surface area contributed by atoms with E-state index in [1.165, 1.54) is 141 Å². The molecule has 41 heavy (non-hydrogen) atoms. The highest BCUT2D eigenvalue weighted by atomic mass is 16.5. The average Bonchev–Trinajstić information content (AvgIpc) is 2.96. The molecular weight excluding hydrogens is 502 g/mol. The Morgan fingerprint density at radius 3 is 1.27 bits per heavy atom. The first-order chi connectivity index (χ1) is 20.2. The maximum atomic E-state index is 11.2. The van der Waals surface area contributed by atoms with E-state index in [0.29, 0.717) is 12.2 Å². The lowest BCUT2D eigenvalue weighted by Crippen LogP contribution is -2.12. The van der Waals surface area contributed by atoms with Crippen LogP contribution >= 0.6 is 0 Å². The molecule has 0 bridgehead atoms. The van der Waals surface area contributed by atoms with Crippen LogP contribution in [0.1, 0.15) is 187 Å². The first kappa shape index (κ1) is 39.2. The first-order valence-corrected chi connectivity index (χ1v) is 17.8. The minimum Gasteiger partial charge on any atom is -0.415 e. The van der Waals surface area contributed by atoms with Gasteiger partial charge in [-0.05, 0) is 63.9 Å². The van der Waals surface area contributed by atoms with Crippen molar-refractivity contribution in [1.82, 2.24) is 0 Å². The first-order valence-electron chi connectivity index (χ1n) is 17.8. The molecule has 0 atom stereocenters. The van der Waals surface area contributed by atoms with Gasteiger partial charge in [0.1, 0.15) is 5.76 Å². The molecule has 238 valence electrons. The van der Waals surface area contributed by atoms with Crippen LogP contribution in [-0.2, 0) is 4.74 Å². The number of amides is 1. The molecular formula is C38H69NO2. The van der Waals surface area contributed by atoms with E-state index in [2.05, 4.69) is 56.4 Å². The van der Waals surface area contributed by atoms with Gasteiger partial charge >= 0.3 is 6.09 Å². The van der Waals surface area contributed by atoms with Gasteiger partial charge in [-0.2, -0.15) is 0 Å². The maximum Gasteiger partial charge on any atom is 0.409 e. The third-order valence-corrected chi connectivity index (χ3v) is 7.72. The van der Waals surface area contributed by atoms with Crippen LogP contribution in [0.2, 0.25) is 0 Å². The highest BCUT2D eigenvalue weighted by molar-refractivity contribution is 5.66. The fourth-order valence-corrected chi connectivity index (χ4v) is 5.11. The number of allylic oxidation sites excluding steroid dienone is 7. The summed E-state index contributed by atoms with van der Waals surface area (Å²) in [5.74, 6) is 0.698. The standard InChI is InChI=1S/C38H69NO2/c1-3-5-7-9-11-12-13-14-15-16-17-18-19-20-21-22-23-24-25-26-27-28-29-30-32-34-36-37(41-38(39)40)35-33-31-10-8-6-4-2/h11-12,14-15,31,33,36H,3-10,13,16-30,32,34-35H2,1-2H3,(H2,39,40)/b12-11-,15-14-,33-31-,37-36-. The van der Waals surface area contributed by atoms with E-state index in [9.17, 15) is 4.79 Å². The second-order valence-corrected chi connectivity index (χ2v) is 11.8. The van der Waals surface area contributed by atoms with Gasteiger partial charge < -0.3 is 10.5 Å². The Kier molecular flexibility index (Phi) is 32.9. The third kappa shape index (κ3) is 34.3. The van der Waals surface area contributed by atoms with Crippen molar-refractivity contribution in [2.75, 3.05) is 0 Å². The van der Waals surface area contributed by atoms with Crippen LogP contribution in [0.5, 0.6) is 0 Å². The number of carbonyl (C=O) groups excluding carboxylic acids is 1. The van der Waals surface area contributed by atoms with Crippen molar-refractivity contribution in [1.29, 1.82) is 0 Å². The van der Waals surface area contributed by atoms with Crippen LogP contribution in [0.4, 0.5) is 4.79 Å². The minimum atomic E-state index is -0.707. The van der Waals surface area contributed by atoms with Gasteiger partial charge in [-0.1, -0.05) is 159 Å². The summed E-state index contributed by atoms with van der Waals surface area (Å²) in [5.41, 5.74) is 5.23. The van der Waals surface area contributed by atoms with Gasteiger partial charge in [0.2, 0.25) is 0 Å². The number of ether oxygens (including phenoxy) is 1. The predicted octanol–water partition coefficient (Wildman–Crippen LogP) is 13.2. The monoisotopic (exact) mass is 572 g/mol. The summed E-state index contributed by atoms with van der Waals surface area (Å²) >= 11 is 0. The van der Waals surface area contributed by atoms with E-state index < -0.39 is 6.09 Å². The lowest BCUT2D eigenvalue weighted by atomic mass is 10.0. The fraction of sp³-hybridized carbons (Fsp3) is 0.763. The Bertz CT molecular complexity index is 661. The van der Waals surface area contributed by atoms with Gasteiger partial charge in [-0.25, -0.2) is 4.79 Å². The molecule has 3 nitrogen and oxygen atoms in total. The van der Waals surface area contributed by atoms with Crippen LogP contribution in [0.3, 0.4) is 0 Å². The highest BCUT2D eigenvalue weighted by Crippen LogP contribution is 2.15. The van der Waals surface area contributed by atoms with Crippen LogP contribution in [0.25, 0.3) is 0 Å². The van der Waals surface area contributed by atoms with Gasteiger partial charge in [-0.3, -0.25) is 0 Å². The summed E-state index contributed by atoms with van der Waals surface area (Å²) in [6, 6.07) is 0. The summed E-state index contributed by atoms with van der Waals surface area (Å²) in [7, 11) is 0. The van der Waals surface area contributed by atoms with Crippen molar-refractivity contribution in [2.45, 2.75) is 187 Å². The number of carbonyl (C=O) groups is 1. The van der Waals surface area contributed by atoms with E-state index in [-0.39, 0.29) is 0 Å². The number of nitrogens with two attached hydrogens (primary N) is 1. The molecule has 0 aliphatic carbocycles. The summed E-state index contributed by atoms with van der Waals surface area (Å²) in [6.45, 7) is 4.48. The molecule has 0 rings (SSSR count). The van der Waals surface area contributed by atoms with Gasteiger partial charge in [0, 0.05) is 6.42 Å². The van der Waals surface area contributed by atoms with Gasteiger partial charge in [0.15, 0.2) is 0 Å². The molecule has 2 N–H and O–H groups in total. The topological polar surface area (TPSA) is 52.3 Å². The van der Waals surface area contributed by atoms with E-state index in [0.717, 1.165) is 25.7 Å². The van der Waals surface area contributed by atoms with E-state index in [1.54, 1.807) is 0 Å². The number of rotatable bonds is 31. The molecule has 0 saturated carbocycles. The third-order valence-electron chi connectivity index (χ3n) is 7.72. The molecule has 0 radical (unpaired) electrons. The smallest absolute Gasteiger partial charge is 0.409 e. The SMILES string of the molecule is CCCCC/C=C\C/C=C\CCCCCCCCCCCCCCCCC/C=C(/C/C=C\CCCCC)OC(N)=O. The van der Waals surface area contributed by atoms with Crippen LogP contribution in [0.15, 0.2) is 48.3 Å². The van der Waals surface area contributed by atoms with E-state index in [4.69, 9.17) is 10.5 Å². The molecule has 0 aliphatic rings. The van der Waals surface area contributed by atoms with Gasteiger partial charge in [-0.15, -0.1) is 0 Å². The summed E-state index contributed by atoms with van der Waals surface area (Å²) in [4.78, 5) is 11.2. The molecule has 0 aromatic heterocycles. The molecule has 0 heterocycles. The molecule has 0 unspecified atom stereocenters. The second kappa shape index (κ2) is 34.4. The minimum absolute atomic E-state index is 0.657. The normalized spacial score (nSPS) is 12.4. The Morgan fingerprint density at radius 2 is 0.854 bits per heavy atom. The number of hydrogen-bond donors (Lipinski definition) is 1. The molecule has 0 fully saturated rings. The van der Waals surface area contributed by atoms with Crippen LogP contribution in [-0.4, -0.2) is 6.09 Å². The lowest BCUT2D eigenvalue weighted by molar-refractivity contribution is 0.185. The van der Waals surface area contributed by atoms with Crippen molar-refractivity contribution in [3.05, 3.63) is 48.3 Å². The van der Waals surface area contributed by atoms with Crippen molar-refractivity contribution in [2.24, 2.45) is 5.73 Å². The Hall–Kier alpha value is -1.77. The number of unbranched alkanes of at least 4 members (excludes halogenated alkanes) is 22. The van der Waals surface area contributed by atoms with Gasteiger partial charge in [0.25, 0.3) is 0 Å². The second-order valence-electron chi connectivity index (χ2n) is 11.8. The van der Waals surface area contributed by atoms with Crippen LogP contribution in [0, 0.1) is 0 Å². The molecule has 1 amide bonds. The summed E-state index contributed by atoms with van der Waals surface area (Å²) < 4.78 is 5.18. The maximum absolute atomic E-state index is 11.2. The van der Waals surface area contributed by atoms with Crippen molar-refractivity contribution >= 4 is 6.09 Å². The summed E-state index contributed by atoms with van der Waals surface area (Å²) in [5, 5.41) is 0. The van der Waals surface area contributed by atoms with Crippen molar-refractivity contribution in [3.63, 3.8) is 0 Å². The fourth-order valence-electron chi connectivity index (χ4n) is 5.11. The largest absolute Gasteiger partial charge is 0.415 e. The van der Waals surface area contributed by atoms with E-state index >= 15 is 0 Å². The zero-order valence-electron chi connectivity index (χ0n) is 27.5. The van der Waals surface area contributed by atoms with Crippen molar-refractivity contribution < 1.29 is 9.53 Å². The number of primary amides is 1. The molecule has 0 saturated heterocycles. The zero-order chi connectivity index (χ0) is 29.9. The summed E-state index contributed by atoms with van der Waals surface area (Å²) in [6.07, 6.45) is 49.6. The lowest BCUT2D eigenvalue weighted by Gasteiger charge is -2.05. The average molecular weight is 572 g/mol. The van der Waals surface area contributed by atoms with Crippen LogP contribution < -0.4 is 5.73 Å². The van der Waals surface area contributed by atoms with Gasteiger partial charge in [0.05, 0.1) is 0 Å². The predicted molar refractivity (Wildman–Crippen MR) is 182 cm³/mol. The Morgan fingerprint density at radius 1 is 0.488 bits per heavy atom. The Labute approximate surface area is 256 Å². The number of hydrogen-bond acceptors (Lipinski definition) is 2. The van der Waals surface area contributed by atoms with E-state index in [1.807, 2.05) is 0 Å². The Balaban J connectivity index is 3.46. The zero-order valence-corrected chi connectivity index (χ0v) is 27.5. The molecule has 0 aromatic carbocycles. The quantitative estimate of drug-likeness (QED) is 0.0511.